The lowest BCUT2D eigenvalue weighted by molar-refractivity contribution is -0.378. The van der Waals surface area contributed by atoms with Crippen LogP contribution in [-0.4, -0.2) is 185 Å². The first-order chi connectivity index (χ1) is 30.7. The van der Waals surface area contributed by atoms with E-state index >= 15 is 0 Å². The van der Waals surface area contributed by atoms with Crippen LogP contribution in [0.2, 0.25) is 0 Å². The van der Waals surface area contributed by atoms with E-state index in [9.17, 15) is 61.0 Å². The summed E-state index contributed by atoms with van der Waals surface area (Å²) in [4.78, 5) is 15.0. The van der Waals surface area contributed by atoms with Crippen LogP contribution in [0.15, 0.2) is 11.6 Å². The van der Waals surface area contributed by atoms with Gasteiger partial charge < -0.3 is 84.6 Å². The third-order valence-electron chi connectivity index (χ3n) is 18.5. The molecule has 66 heavy (non-hydrogen) atoms. The van der Waals surface area contributed by atoms with Crippen LogP contribution >= 0.6 is 0 Å². The molecule has 0 amide bonds. The minimum absolute atomic E-state index is 0.0258. The summed E-state index contributed by atoms with van der Waals surface area (Å²) in [6, 6.07) is 0. The van der Waals surface area contributed by atoms with Crippen molar-refractivity contribution in [3.05, 3.63) is 11.6 Å². The number of aliphatic hydroxyl groups is 11. The molecular formula is C48H80O18. The number of hydrogen-bond donors (Lipinski definition) is 11. The van der Waals surface area contributed by atoms with Crippen molar-refractivity contribution in [2.24, 2.45) is 45.3 Å². The zero-order chi connectivity index (χ0) is 48.8. The molecule has 0 radical (unpaired) electrons. The second kappa shape index (κ2) is 19.1. The fourth-order valence-electron chi connectivity index (χ4n) is 13.9. The molecule has 24 atom stereocenters. The molecule has 4 aliphatic carbocycles. The van der Waals surface area contributed by atoms with Crippen LogP contribution in [0.25, 0.3) is 0 Å². The molecule has 3 saturated carbocycles. The van der Waals surface area contributed by atoms with E-state index in [2.05, 4.69) is 47.6 Å². The largest absolute Gasteiger partial charge is 0.394 e. The Balaban J connectivity index is 1.02. The van der Waals surface area contributed by atoms with Crippen molar-refractivity contribution in [3.63, 3.8) is 0 Å². The Morgan fingerprint density at radius 2 is 1.30 bits per heavy atom. The minimum Gasteiger partial charge on any atom is -0.394 e. The standard InChI is InChI=1S/C48H80O18/c1-21(10-14-29(51)45(5,6)66-43-40(37(58)34(55)27(20-50)63-43)65-41-38(59)35(56)32(53)22(2)61-41)23-16-17-46(7)28-13-11-24-25(48(28,9)30(52)18-47(23,46)8)12-15-31(44(24,3)4)64-42-39(60)36(57)33(54)26(19-49)62-42/h11,21-23,25-29,31-43,49-51,53-60H,10,12-20H2,1-9H3/t21-,22?,23-,25?,26?,27?,28+,29-,31+,32?,33?,34?,35?,36?,37?,38?,39?,40?,41?,42?,43?,46+,47-,48+/m1/s1. The van der Waals surface area contributed by atoms with Gasteiger partial charge in [-0.15, -0.1) is 0 Å². The Hall–Kier alpha value is -1.27. The summed E-state index contributed by atoms with van der Waals surface area (Å²) in [6.45, 7) is 16.7. The summed E-state index contributed by atoms with van der Waals surface area (Å²) in [7, 11) is 0. The van der Waals surface area contributed by atoms with Crippen molar-refractivity contribution in [3.8, 4) is 0 Å². The predicted octanol–water partition coefficient (Wildman–Crippen LogP) is 0.180. The van der Waals surface area contributed by atoms with Crippen LogP contribution < -0.4 is 0 Å². The quantitative estimate of drug-likeness (QED) is 0.110. The van der Waals surface area contributed by atoms with Gasteiger partial charge in [-0.3, -0.25) is 4.79 Å². The Bertz CT molecular complexity index is 1740. The van der Waals surface area contributed by atoms with Gasteiger partial charge in [0.2, 0.25) is 0 Å². The summed E-state index contributed by atoms with van der Waals surface area (Å²) >= 11 is 0. The third kappa shape index (κ3) is 8.60. The van der Waals surface area contributed by atoms with Gasteiger partial charge in [-0.05, 0) is 100 Å². The highest BCUT2D eigenvalue weighted by atomic mass is 16.8. The number of hydrogen-bond acceptors (Lipinski definition) is 18. The van der Waals surface area contributed by atoms with E-state index in [-0.39, 0.29) is 40.3 Å². The first kappa shape index (κ1) is 52.6. The molecule has 3 saturated heterocycles. The van der Waals surface area contributed by atoms with Gasteiger partial charge >= 0.3 is 0 Å². The SMILES string of the molecule is CC1OC(OC2C(OC(C)(C)[C@H](O)CC[C@@H](C)[C@H]3CC[C@@]4(C)[C@@H]5CC=C6C(CC[C@H](OC7OC(CO)C(O)C(O)C7O)C6(C)C)[C@]5(C)C(=O)C[C@]34C)OC(CO)C(O)C2O)C(O)C(O)C1O. The highest BCUT2D eigenvalue weighted by Gasteiger charge is 2.70. The molecule has 0 spiro atoms. The molecule has 11 N–H and O–H groups in total. The molecule has 3 aliphatic heterocycles. The van der Waals surface area contributed by atoms with E-state index in [1.165, 1.54) is 6.92 Å². The zero-order valence-electron chi connectivity index (χ0n) is 40.0. The summed E-state index contributed by atoms with van der Waals surface area (Å²) in [5, 5.41) is 116. The van der Waals surface area contributed by atoms with E-state index in [4.69, 9.17) is 28.4 Å². The molecule has 18 nitrogen and oxygen atoms in total. The van der Waals surface area contributed by atoms with Crippen LogP contribution in [0, 0.1) is 45.3 Å². The molecule has 16 unspecified atom stereocenters. The average molecular weight is 945 g/mol. The Kier molecular flexibility index (Phi) is 15.2. The van der Waals surface area contributed by atoms with Crippen molar-refractivity contribution in [1.82, 2.24) is 0 Å². The Morgan fingerprint density at radius 1 is 0.727 bits per heavy atom. The number of Topliss-reactive ketones (excluding diaryl/α,β-unsaturated/α-hetero) is 1. The number of carbonyl (C=O) groups is 1. The normalized spacial score (nSPS) is 50.5. The maximum Gasteiger partial charge on any atom is 0.187 e. The molecule has 0 bridgehead atoms. The zero-order valence-corrected chi connectivity index (χ0v) is 40.0. The first-order valence-corrected chi connectivity index (χ1v) is 24.2. The third-order valence-corrected chi connectivity index (χ3v) is 18.5. The smallest absolute Gasteiger partial charge is 0.187 e. The molecule has 0 aromatic rings. The van der Waals surface area contributed by atoms with E-state index in [1.54, 1.807) is 13.8 Å². The minimum atomic E-state index is -1.72. The fourth-order valence-corrected chi connectivity index (χ4v) is 13.9. The topological polar surface area (TPSA) is 295 Å². The van der Waals surface area contributed by atoms with Crippen LogP contribution in [0.3, 0.4) is 0 Å². The van der Waals surface area contributed by atoms with Gasteiger partial charge in [0.05, 0.1) is 37.1 Å². The van der Waals surface area contributed by atoms with Crippen LogP contribution in [-0.2, 0) is 33.2 Å². The lowest BCUT2D eigenvalue weighted by atomic mass is 9.38. The molecule has 18 heteroatoms. The molecule has 7 aliphatic rings. The second-order valence-corrected chi connectivity index (χ2v) is 22.8. The van der Waals surface area contributed by atoms with Crippen molar-refractivity contribution >= 4 is 5.78 Å². The Labute approximate surface area is 388 Å². The van der Waals surface area contributed by atoms with Crippen LogP contribution in [0.5, 0.6) is 0 Å². The summed E-state index contributed by atoms with van der Waals surface area (Å²) in [5.74, 6) is 0.593. The maximum atomic E-state index is 15.0. The summed E-state index contributed by atoms with van der Waals surface area (Å²) in [5.41, 5.74) is -1.86. The van der Waals surface area contributed by atoms with E-state index in [1.807, 2.05) is 0 Å². The number of ketones is 1. The van der Waals surface area contributed by atoms with E-state index < -0.39 is 134 Å². The number of carbonyl (C=O) groups excluding carboxylic acids is 1. The van der Waals surface area contributed by atoms with E-state index in [0.29, 0.717) is 38.5 Å². The van der Waals surface area contributed by atoms with Gasteiger partial charge in [-0.1, -0.05) is 53.2 Å². The molecule has 6 fully saturated rings. The Morgan fingerprint density at radius 3 is 1.92 bits per heavy atom. The van der Waals surface area contributed by atoms with Gasteiger partial charge in [-0.2, -0.15) is 0 Å². The average Bonchev–Trinajstić information content (AvgIpc) is 3.53. The first-order valence-electron chi connectivity index (χ1n) is 24.2. The van der Waals surface area contributed by atoms with Crippen LogP contribution in [0.4, 0.5) is 0 Å². The summed E-state index contributed by atoms with van der Waals surface area (Å²) in [6.07, 6.45) is -15.7. The number of allylic oxidation sites excluding steroid dienone is 1. The number of rotatable bonds is 13. The van der Waals surface area contributed by atoms with Gasteiger partial charge in [-0.25, -0.2) is 0 Å². The highest BCUT2D eigenvalue weighted by Crippen LogP contribution is 2.74. The monoisotopic (exact) mass is 945 g/mol. The second-order valence-electron chi connectivity index (χ2n) is 22.8. The lowest BCUT2D eigenvalue weighted by Gasteiger charge is -2.65. The predicted molar refractivity (Wildman–Crippen MR) is 233 cm³/mol. The number of aliphatic hydroxyl groups excluding tert-OH is 11. The van der Waals surface area contributed by atoms with Crippen molar-refractivity contribution in [2.75, 3.05) is 13.2 Å². The van der Waals surface area contributed by atoms with Gasteiger partial charge in [0.15, 0.2) is 18.9 Å². The summed E-state index contributed by atoms with van der Waals surface area (Å²) < 4.78 is 35.8. The number of ether oxygens (including phenoxy) is 6. The van der Waals surface area contributed by atoms with Gasteiger partial charge in [0, 0.05) is 17.3 Å². The maximum absolute atomic E-state index is 15.0. The molecule has 380 valence electrons. The lowest BCUT2D eigenvalue weighted by Crippen LogP contribution is -2.65. The fraction of sp³-hybridized carbons (Fsp3) is 0.938. The molecule has 0 aromatic heterocycles. The molecule has 3 heterocycles. The van der Waals surface area contributed by atoms with Gasteiger partial charge in [0.25, 0.3) is 0 Å². The number of fused-ring (bicyclic) bond motifs is 5. The van der Waals surface area contributed by atoms with E-state index in [0.717, 1.165) is 18.4 Å². The van der Waals surface area contributed by atoms with Crippen molar-refractivity contribution < 1.29 is 89.4 Å². The molecular weight excluding hydrogens is 865 g/mol. The highest BCUT2D eigenvalue weighted by molar-refractivity contribution is 5.88. The molecule has 0 aromatic carbocycles. The van der Waals surface area contributed by atoms with Crippen molar-refractivity contribution in [2.45, 2.75) is 224 Å². The van der Waals surface area contributed by atoms with Crippen LogP contribution in [0.1, 0.15) is 114 Å². The van der Waals surface area contributed by atoms with Crippen molar-refractivity contribution in [1.29, 1.82) is 0 Å². The molecule has 7 rings (SSSR count). The van der Waals surface area contributed by atoms with Gasteiger partial charge in [0.1, 0.15) is 72.9 Å².